The highest BCUT2D eigenvalue weighted by molar-refractivity contribution is 5.77. The van der Waals surface area contributed by atoms with Crippen LogP contribution >= 0.6 is 0 Å². The van der Waals surface area contributed by atoms with E-state index in [9.17, 15) is 9.90 Å². The van der Waals surface area contributed by atoms with E-state index >= 15 is 0 Å². The highest BCUT2D eigenvalue weighted by atomic mass is 16.5. The summed E-state index contributed by atoms with van der Waals surface area (Å²) in [5.74, 6) is 1.23. The van der Waals surface area contributed by atoms with Gasteiger partial charge in [-0.25, -0.2) is 0 Å². The molecule has 0 aromatic heterocycles. The Kier molecular flexibility index (Phi) is 5.20. The van der Waals surface area contributed by atoms with E-state index in [4.69, 9.17) is 9.47 Å². The van der Waals surface area contributed by atoms with E-state index < -0.39 is 6.10 Å². The summed E-state index contributed by atoms with van der Waals surface area (Å²) in [6.45, 7) is 1.73. The van der Waals surface area contributed by atoms with Crippen molar-refractivity contribution in [2.75, 3.05) is 33.4 Å². The molecule has 1 fully saturated rings. The largest absolute Gasteiger partial charge is 0.497 e. The zero-order chi connectivity index (χ0) is 14.4. The minimum absolute atomic E-state index is 0.0391. The van der Waals surface area contributed by atoms with E-state index in [0.29, 0.717) is 18.8 Å². The average molecular weight is 280 g/mol. The Hall–Kier alpha value is -1.79. The number of hydrogen-bond acceptors (Lipinski definition) is 5. The van der Waals surface area contributed by atoms with Crippen LogP contribution in [0.3, 0.4) is 0 Å². The van der Waals surface area contributed by atoms with Crippen molar-refractivity contribution in [3.63, 3.8) is 0 Å². The molecule has 0 bridgehead atoms. The summed E-state index contributed by atoms with van der Waals surface area (Å²) >= 11 is 0. The van der Waals surface area contributed by atoms with E-state index in [0.717, 1.165) is 12.3 Å². The fourth-order valence-corrected chi connectivity index (χ4v) is 2.04. The lowest BCUT2D eigenvalue weighted by molar-refractivity contribution is -0.123. The van der Waals surface area contributed by atoms with E-state index in [2.05, 4.69) is 10.6 Å². The maximum absolute atomic E-state index is 11.6. The van der Waals surface area contributed by atoms with Crippen LogP contribution in [0.2, 0.25) is 0 Å². The predicted molar refractivity (Wildman–Crippen MR) is 73.9 cm³/mol. The van der Waals surface area contributed by atoms with E-state index in [1.165, 1.54) is 0 Å². The van der Waals surface area contributed by atoms with Gasteiger partial charge in [-0.2, -0.15) is 0 Å². The van der Waals surface area contributed by atoms with Gasteiger partial charge in [0.15, 0.2) is 6.61 Å². The fraction of sp³-hybridized carbons (Fsp3) is 0.500. The Bertz CT molecular complexity index is 435. The Labute approximate surface area is 118 Å². The number of hydrogen-bond donors (Lipinski definition) is 3. The van der Waals surface area contributed by atoms with Gasteiger partial charge in [0.25, 0.3) is 5.91 Å². The molecule has 1 heterocycles. The Balaban J connectivity index is 1.69. The van der Waals surface area contributed by atoms with Crippen molar-refractivity contribution in [1.29, 1.82) is 0 Å². The van der Waals surface area contributed by atoms with Gasteiger partial charge in [-0.15, -0.1) is 0 Å². The summed E-state index contributed by atoms with van der Waals surface area (Å²) in [5.41, 5.74) is 0. The monoisotopic (exact) mass is 280 g/mol. The molecule has 2 unspecified atom stereocenters. The number of β-amino-alcohol motifs (C(OH)–C–C–N with tert-alkyl or cyclic N) is 1. The number of carbonyl (C=O) groups excluding carboxylic acids is 1. The molecule has 0 spiro atoms. The number of aliphatic hydroxyl groups excluding tert-OH is 1. The molecule has 20 heavy (non-hydrogen) atoms. The van der Waals surface area contributed by atoms with Crippen molar-refractivity contribution in [3.8, 4) is 11.5 Å². The molecule has 1 aromatic carbocycles. The van der Waals surface area contributed by atoms with Crippen molar-refractivity contribution in [2.24, 2.45) is 5.92 Å². The topological polar surface area (TPSA) is 79.8 Å². The second-order valence-electron chi connectivity index (χ2n) is 4.75. The minimum Gasteiger partial charge on any atom is -0.497 e. The maximum atomic E-state index is 11.6. The van der Waals surface area contributed by atoms with Gasteiger partial charge in [-0.05, 0) is 24.3 Å². The van der Waals surface area contributed by atoms with E-state index in [1.54, 1.807) is 31.4 Å². The summed E-state index contributed by atoms with van der Waals surface area (Å²) in [4.78, 5) is 11.6. The SMILES string of the molecule is COc1ccc(OCC(=O)NCC2CNCC2O)cc1. The van der Waals surface area contributed by atoms with Crippen LogP contribution in [0.25, 0.3) is 0 Å². The van der Waals surface area contributed by atoms with E-state index in [1.807, 2.05) is 0 Å². The lowest BCUT2D eigenvalue weighted by Crippen LogP contribution is -2.36. The third-order valence-corrected chi connectivity index (χ3v) is 3.29. The van der Waals surface area contributed by atoms with Crippen LogP contribution in [-0.2, 0) is 4.79 Å². The van der Waals surface area contributed by atoms with Gasteiger partial charge in [0.05, 0.1) is 13.2 Å². The molecule has 2 rings (SSSR count). The number of rotatable bonds is 6. The molecule has 6 nitrogen and oxygen atoms in total. The normalized spacial score (nSPS) is 21.5. The van der Waals surface area contributed by atoms with Crippen LogP contribution in [0.15, 0.2) is 24.3 Å². The van der Waals surface area contributed by atoms with Crippen LogP contribution in [-0.4, -0.2) is 50.5 Å². The minimum atomic E-state index is -0.391. The maximum Gasteiger partial charge on any atom is 0.257 e. The first-order valence-electron chi connectivity index (χ1n) is 6.61. The van der Waals surface area contributed by atoms with Crippen LogP contribution in [0.1, 0.15) is 0 Å². The molecular formula is C14H20N2O4. The third kappa shape index (κ3) is 4.11. The molecule has 1 saturated heterocycles. The smallest absolute Gasteiger partial charge is 0.257 e. The van der Waals surface area contributed by atoms with Gasteiger partial charge >= 0.3 is 0 Å². The Morgan fingerprint density at radius 3 is 2.65 bits per heavy atom. The Morgan fingerprint density at radius 1 is 1.35 bits per heavy atom. The zero-order valence-electron chi connectivity index (χ0n) is 11.5. The standard InChI is InChI=1S/C14H20N2O4/c1-19-11-2-4-12(5-3-11)20-9-14(18)16-7-10-6-15-8-13(10)17/h2-5,10,13,15,17H,6-9H2,1H3,(H,16,18). The molecule has 6 heteroatoms. The predicted octanol–water partition coefficient (Wildman–Crippen LogP) is -0.229. The second-order valence-corrected chi connectivity index (χ2v) is 4.75. The molecular weight excluding hydrogens is 260 g/mol. The van der Waals surface area contributed by atoms with Gasteiger partial charge < -0.3 is 25.2 Å². The molecule has 1 aliphatic heterocycles. The van der Waals surface area contributed by atoms with Crippen LogP contribution < -0.4 is 20.1 Å². The lowest BCUT2D eigenvalue weighted by Gasteiger charge is -2.14. The number of nitrogens with one attached hydrogen (secondary N) is 2. The lowest BCUT2D eigenvalue weighted by atomic mass is 10.1. The number of ether oxygens (including phenoxy) is 2. The number of benzene rings is 1. The van der Waals surface area contributed by atoms with Gasteiger partial charge in [0, 0.05) is 25.6 Å². The zero-order valence-corrected chi connectivity index (χ0v) is 11.5. The first kappa shape index (κ1) is 14.6. The molecule has 110 valence electrons. The summed E-state index contributed by atoms with van der Waals surface area (Å²) in [6.07, 6.45) is -0.391. The van der Waals surface area contributed by atoms with Gasteiger partial charge in [0.2, 0.25) is 0 Å². The third-order valence-electron chi connectivity index (χ3n) is 3.29. The van der Waals surface area contributed by atoms with Crippen molar-refractivity contribution in [1.82, 2.24) is 10.6 Å². The molecule has 2 atom stereocenters. The summed E-state index contributed by atoms with van der Waals surface area (Å²) < 4.78 is 10.4. The molecule has 1 aliphatic rings. The van der Waals surface area contributed by atoms with Crippen molar-refractivity contribution >= 4 is 5.91 Å². The molecule has 0 saturated carbocycles. The second kappa shape index (κ2) is 7.12. The quantitative estimate of drug-likeness (QED) is 0.671. The molecule has 1 amide bonds. The first-order chi connectivity index (χ1) is 9.69. The summed E-state index contributed by atoms with van der Waals surface area (Å²) in [5, 5.41) is 15.4. The molecule has 0 radical (unpaired) electrons. The number of amides is 1. The summed E-state index contributed by atoms with van der Waals surface area (Å²) in [7, 11) is 1.59. The first-order valence-corrected chi connectivity index (χ1v) is 6.61. The molecule has 1 aromatic rings. The Morgan fingerprint density at radius 2 is 2.05 bits per heavy atom. The van der Waals surface area contributed by atoms with Crippen LogP contribution in [0, 0.1) is 5.92 Å². The van der Waals surface area contributed by atoms with Crippen LogP contribution in [0.5, 0.6) is 11.5 Å². The number of aliphatic hydroxyl groups is 1. The van der Waals surface area contributed by atoms with Crippen molar-refractivity contribution in [3.05, 3.63) is 24.3 Å². The summed E-state index contributed by atoms with van der Waals surface area (Å²) in [6, 6.07) is 7.04. The van der Waals surface area contributed by atoms with Gasteiger partial charge in [0.1, 0.15) is 11.5 Å². The van der Waals surface area contributed by atoms with Crippen molar-refractivity contribution < 1.29 is 19.4 Å². The fourth-order valence-electron chi connectivity index (χ4n) is 2.04. The molecule has 0 aliphatic carbocycles. The number of methoxy groups -OCH3 is 1. The van der Waals surface area contributed by atoms with Crippen LogP contribution in [0.4, 0.5) is 0 Å². The van der Waals surface area contributed by atoms with Crippen molar-refractivity contribution in [2.45, 2.75) is 6.10 Å². The number of carbonyl (C=O) groups is 1. The van der Waals surface area contributed by atoms with Gasteiger partial charge in [-0.3, -0.25) is 4.79 Å². The highest BCUT2D eigenvalue weighted by Gasteiger charge is 2.24. The highest BCUT2D eigenvalue weighted by Crippen LogP contribution is 2.16. The molecule has 3 N–H and O–H groups in total. The average Bonchev–Trinajstić information content (AvgIpc) is 2.89. The van der Waals surface area contributed by atoms with E-state index in [-0.39, 0.29) is 18.4 Å². The van der Waals surface area contributed by atoms with Gasteiger partial charge in [-0.1, -0.05) is 0 Å².